The summed E-state index contributed by atoms with van der Waals surface area (Å²) in [5.41, 5.74) is 0. The SMILES string of the molecule is CC1CN(c2n[nH]c(=S)n2C(C)C)CC1N(C)C. The third-order valence-electron chi connectivity index (χ3n) is 3.72. The Bertz CT molecular complexity index is 461. The zero-order chi connectivity index (χ0) is 13.4. The number of hydrogen-bond donors (Lipinski definition) is 1. The predicted octanol–water partition coefficient (Wildman–Crippen LogP) is 1.91. The second-order valence-corrected chi connectivity index (χ2v) is 6.09. The quantitative estimate of drug-likeness (QED) is 0.851. The van der Waals surface area contributed by atoms with E-state index in [1.165, 1.54) is 0 Å². The Morgan fingerprint density at radius 1 is 1.39 bits per heavy atom. The van der Waals surface area contributed by atoms with Crippen molar-refractivity contribution in [3.8, 4) is 0 Å². The average Bonchev–Trinajstić information content (AvgIpc) is 2.81. The summed E-state index contributed by atoms with van der Waals surface area (Å²) in [6.45, 7) is 8.62. The van der Waals surface area contributed by atoms with Crippen LogP contribution in [0.3, 0.4) is 0 Å². The molecule has 5 nitrogen and oxygen atoms in total. The summed E-state index contributed by atoms with van der Waals surface area (Å²) in [6.07, 6.45) is 0. The van der Waals surface area contributed by atoms with Gasteiger partial charge in [0.15, 0.2) is 4.77 Å². The Balaban J connectivity index is 2.27. The minimum absolute atomic E-state index is 0.333. The molecule has 0 aromatic carbocycles. The standard InChI is InChI=1S/C12H23N5S/c1-8(2)17-11(13-14-12(17)18)16-6-9(3)10(7-16)15(4)5/h8-10H,6-7H2,1-5H3,(H,14,18). The van der Waals surface area contributed by atoms with E-state index in [9.17, 15) is 0 Å². The van der Waals surface area contributed by atoms with Gasteiger partial charge in [0.1, 0.15) is 0 Å². The number of anilines is 1. The fourth-order valence-electron chi connectivity index (χ4n) is 2.77. The first kappa shape index (κ1) is 13.5. The highest BCUT2D eigenvalue weighted by Gasteiger charge is 2.33. The van der Waals surface area contributed by atoms with Crippen LogP contribution in [-0.2, 0) is 0 Å². The van der Waals surface area contributed by atoms with Crippen LogP contribution in [-0.4, -0.2) is 52.9 Å². The molecule has 2 heterocycles. The van der Waals surface area contributed by atoms with E-state index in [0.29, 0.717) is 22.8 Å². The van der Waals surface area contributed by atoms with Gasteiger partial charge in [0.2, 0.25) is 5.95 Å². The number of aromatic nitrogens is 3. The van der Waals surface area contributed by atoms with Crippen LogP contribution in [0.2, 0.25) is 0 Å². The highest BCUT2D eigenvalue weighted by Crippen LogP contribution is 2.26. The Morgan fingerprint density at radius 3 is 2.56 bits per heavy atom. The first-order chi connectivity index (χ1) is 8.41. The predicted molar refractivity (Wildman–Crippen MR) is 76.6 cm³/mol. The molecule has 0 spiro atoms. The molecule has 0 aliphatic carbocycles. The maximum absolute atomic E-state index is 5.30. The highest BCUT2D eigenvalue weighted by molar-refractivity contribution is 7.71. The summed E-state index contributed by atoms with van der Waals surface area (Å²) in [5, 5.41) is 7.32. The molecule has 0 bridgehead atoms. The van der Waals surface area contributed by atoms with Gasteiger partial charge in [-0.15, -0.1) is 5.10 Å². The highest BCUT2D eigenvalue weighted by atomic mass is 32.1. The van der Waals surface area contributed by atoms with E-state index in [1.807, 2.05) is 0 Å². The minimum Gasteiger partial charge on any atom is -0.339 e. The fourth-order valence-corrected chi connectivity index (χ4v) is 3.11. The van der Waals surface area contributed by atoms with Gasteiger partial charge in [0.25, 0.3) is 0 Å². The van der Waals surface area contributed by atoms with E-state index < -0.39 is 0 Å². The second kappa shape index (κ2) is 5.01. The van der Waals surface area contributed by atoms with Crippen molar-refractivity contribution < 1.29 is 0 Å². The van der Waals surface area contributed by atoms with Gasteiger partial charge in [-0.05, 0) is 46.1 Å². The molecule has 1 aromatic heterocycles. The normalized spacial score (nSPS) is 24.5. The summed E-state index contributed by atoms with van der Waals surface area (Å²) >= 11 is 5.30. The number of nitrogens with zero attached hydrogens (tertiary/aromatic N) is 4. The molecule has 1 aliphatic heterocycles. The van der Waals surface area contributed by atoms with E-state index in [-0.39, 0.29) is 0 Å². The molecule has 2 unspecified atom stereocenters. The summed E-state index contributed by atoms with van der Waals surface area (Å²) < 4.78 is 2.81. The number of likely N-dealkylation sites (N-methyl/N-ethyl adjacent to an activating group) is 1. The van der Waals surface area contributed by atoms with Crippen molar-refractivity contribution in [2.24, 2.45) is 5.92 Å². The lowest BCUT2D eigenvalue weighted by Gasteiger charge is -2.23. The van der Waals surface area contributed by atoms with Gasteiger partial charge < -0.3 is 9.80 Å². The van der Waals surface area contributed by atoms with Crippen molar-refractivity contribution in [3.05, 3.63) is 4.77 Å². The maximum Gasteiger partial charge on any atom is 0.226 e. The molecular weight excluding hydrogens is 246 g/mol. The van der Waals surface area contributed by atoms with Crippen molar-refractivity contribution >= 4 is 18.2 Å². The van der Waals surface area contributed by atoms with Crippen LogP contribution in [0.5, 0.6) is 0 Å². The monoisotopic (exact) mass is 269 g/mol. The molecule has 1 saturated heterocycles. The van der Waals surface area contributed by atoms with Crippen molar-refractivity contribution in [1.29, 1.82) is 0 Å². The summed E-state index contributed by atoms with van der Waals surface area (Å²) in [4.78, 5) is 4.63. The lowest BCUT2D eigenvalue weighted by atomic mass is 10.1. The van der Waals surface area contributed by atoms with E-state index in [1.54, 1.807) is 0 Å². The summed E-state index contributed by atoms with van der Waals surface area (Å²) in [6, 6.07) is 0.913. The smallest absolute Gasteiger partial charge is 0.226 e. The van der Waals surface area contributed by atoms with Gasteiger partial charge in [-0.1, -0.05) is 6.92 Å². The van der Waals surface area contributed by atoms with Crippen LogP contribution in [0.15, 0.2) is 0 Å². The molecule has 18 heavy (non-hydrogen) atoms. The van der Waals surface area contributed by atoms with Crippen molar-refractivity contribution in [2.75, 3.05) is 32.1 Å². The molecule has 1 fully saturated rings. The molecule has 0 radical (unpaired) electrons. The van der Waals surface area contributed by atoms with Crippen LogP contribution in [0.1, 0.15) is 26.8 Å². The first-order valence-corrected chi connectivity index (χ1v) is 6.91. The number of rotatable bonds is 3. The molecule has 1 aliphatic rings. The Kier molecular flexibility index (Phi) is 3.77. The zero-order valence-corrected chi connectivity index (χ0v) is 12.7. The summed E-state index contributed by atoms with van der Waals surface area (Å²) in [7, 11) is 4.29. The van der Waals surface area contributed by atoms with Gasteiger partial charge in [0.05, 0.1) is 0 Å². The lowest BCUT2D eigenvalue weighted by Crippen LogP contribution is -2.34. The molecule has 102 valence electrons. The molecule has 2 atom stereocenters. The molecule has 2 rings (SSSR count). The Labute approximate surface area is 114 Å². The number of aromatic amines is 1. The van der Waals surface area contributed by atoms with Crippen molar-refractivity contribution in [3.63, 3.8) is 0 Å². The number of H-pyrrole nitrogens is 1. The zero-order valence-electron chi connectivity index (χ0n) is 11.8. The summed E-state index contributed by atoms with van der Waals surface area (Å²) in [5.74, 6) is 1.62. The van der Waals surface area contributed by atoms with Crippen LogP contribution >= 0.6 is 12.2 Å². The maximum atomic E-state index is 5.30. The van der Waals surface area contributed by atoms with Crippen molar-refractivity contribution in [2.45, 2.75) is 32.9 Å². The molecule has 1 N–H and O–H groups in total. The second-order valence-electron chi connectivity index (χ2n) is 5.71. The third kappa shape index (κ3) is 2.31. The van der Waals surface area contributed by atoms with Gasteiger partial charge in [0, 0.05) is 25.2 Å². The van der Waals surface area contributed by atoms with Gasteiger partial charge in [-0.25, -0.2) is 5.10 Å². The third-order valence-corrected chi connectivity index (χ3v) is 4.01. The van der Waals surface area contributed by atoms with Gasteiger partial charge in [-0.2, -0.15) is 0 Å². The average molecular weight is 269 g/mol. The number of hydrogen-bond acceptors (Lipinski definition) is 4. The number of nitrogens with one attached hydrogen (secondary N) is 1. The van der Waals surface area contributed by atoms with Crippen LogP contribution in [0, 0.1) is 10.7 Å². The molecular formula is C12H23N5S. The molecule has 0 amide bonds. The molecule has 0 saturated carbocycles. The molecule has 1 aromatic rings. The van der Waals surface area contributed by atoms with Crippen LogP contribution in [0.25, 0.3) is 0 Å². The van der Waals surface area contributed by atoms with E-state index in [2.05, 4.69) is 59.4 Å². The van der Waals surface area contributed by atoms with E-state index in [0.717, 1.165) is 19.0 Å². The van der Waals surface area contributed by atoms with Gasteiger partial charge in [-0.3, -0.25) is 4.57 Å². The largest absolute Gasteiger partial charge is 0.339 e. The minimum atomic E-state index is 0.333. The first-order valence-electron chi connectivity index (χ1n) is 6.50. The van der Waals surface area contributed by atoms with E-state index >= 15 is 0 Å². The van der Waals surface area contributed by atoms with Crippen LogP contribution in [0.4, 0.5) is 5.95 Å². The Morgan fingerprint density at radius 2 is 2.06 bits per heavy atom. The van der Waals surface area contributed by atoms with Crippen molar-refractivity contribution in [1.82, 2.24) is 19.7 Å². The lowest BCUT2D eigenvalue weighted by molar-refractivity contribution is 0.266. The van der Waals surface area contributed by atoms with E-state index in [4.69, 9.17) is 12.2 Å². The van der Waals surface area contributed by atoms with Gasteiger partial charge >= 0.3 is 0 Å². The Hall–Kier alpha value is -0.880. The van der Waals surface area contributed by atoms with Crippen LogP contribution < -0.4 is 4.90 Å². The topological polar surface area (TPSA) is 40.1 Å². The fraction of sp³-hybridized carbons (Fsp3) is 0.833. The molecule has 6 heteroatoms.